The van der Waals surface area contributed by atoms with Crippen LogP contribution in [0.3, 0.4) is 0 Å². The fraction of sp³-hybridized carbons (Fsp3) is 1.00. The van der Waals surface area contributed by atoms with E-state index in [2.05, 4.69) is 13.8 Å². The van der Waals surface area contributed by atoms with E-state index >= 15 is 0 Å². The van der Waals surface area contributed by atoms with Gasteiger partial charge in [-0.2, -0.15) is 0 Å². The van der Waals surface area contributed by atoms with Gasteiger partial charge in [0.2, 0.25) is 0 Å². The molecule has 0 spiro atoms. The summed E-state index contributed by atoms with van der Waals surface area (Å²) in [7, 11) is 0. The van der Waals surface area contributed by atoms with Crippen molar-refractivity contribution >= 4 is 0 Å². The van der Waals surface area contributed by atoms with E-state index in [0.717, 1.165) is 11.8 Å². The van der Waals surface area contributed by atoms with Crippen LogP contribution in [0, 0.1) is 17.3 Å². The van der Waals surface area contributed by atoms with Crippen molar-refractivity contribution in [3.05, 3.63) is 0 Å². The van der Waals surface area contributed by atoms with E-state index in [4.69, 9.17) is 5.73 Å². The summed E-state index contributed by atoms with van der Waals surface area (Å²) in [4.78, 5) is 0. The molecule has 0 radical (unpaired) electrons. The molecule has 0 amide bonds. The van der Waals surface area contributed by atoms with Gasteiger partial charge in [0.25, 0.3) is 0 Å². The normalized spacial score (nSPS) is 35.8. The van der Waals surface area contributed by atoms with Gasteiger partial charge in [-0.05, 0) is 30.1 Å². The monoisotopic (exact) mass is 167 g/mol. The first kappa shape index (κ1) is 8.55. The molecule has 2 fully saturated rings. The van der Waals surface area contributed by atoms with Gasteiger partial charge in [-0.1, -0.05) is 33.1 Å². The van der Waals surface area contributed by atoms with Gasteiger partial charge < -0.3 is 5.73 Å². The highest BCUT2D eigenvalue weighted by atomic mass is 14.7. The lowest BCUT2D eigenvalue weighted by Gasteiger charge is -2.28. The standard InChI is InChI=1S/C11H21N/c1-11(2)7-9(11)10(12)6-8-4-3-5-8/h8-10H,3-7,12H2,1-2H3. The Morgan fingerprint density at radius 1 is 1.42 bits per heavy atom. The molecule has 0 aromatic carbocycles. The zero-order valence-corrected chi connectivity index (χ0v) is 8.34. The molecule has 0 saturated heterocycles. The molecule has 2 aliphatic carbocycles. The van der Waals surface area contributed by atoms with Crippen molar-refractivity contribution < 1.29 is 0 Å². The van der Waals surface area contributed by atoms with Gasteiger partial charge in [-0.15, -0.1) is 0 Å². The molecule has 1 nitrogen and oxygen atoms in total. The summed E-state index contributed by atoms with van der Waals surface area (Å²) >= 11 is 0. The second-order valence-corrected chi connectivity index (χ2v) is 5.50. The van der Waals surface area contributed by atoms with Gasteiger partial charge in [0.1, 0.15) is 0 Å². The Balaban J connectivity index is 1.74. The molecule has 0 aliphatic heterocycles. The minimum absolute atomic E-state index is 0.505. The summed E-state index contributed by atoms with van der Waals surface area (Å²) in [6.45, 7) is 4.69. The minimum atomic E-state index is 0.505. The van der Waals surface area contributed by atoms with E-state index in [-0.39, 0.29) is 0 Å². The summed E-state index contributed by atoms with van der Waals surface area (Å²) in [6.07, 6.45) is 7.00. The lowest BCUT2D eigenvalue weighted by Crippen LogP contribution is -2.29. The smallest absolute Gasteiger partial charge is 0.00751 e. The summed E-state index contributed by atoms with van der Waals surface area (Å²) in [5.41, 5.74) is 6.74. The highest BCUT2D eigenvalue weighted by Crippen LogP contribution is 2.54. The lowest BCUT2D eigenvalue weighted by atomic mass is 9.79. The Morgan fingerprint density at radius 3 is 2.33 bits per heavy atom. The quantitative estimate of drug-likeness (QED) is 0.687. The van der Waals surface area contributed by atoms with E-state index in [9.17, 15) is 0 Å². The molecule has 0 aromatic heterocycles. The van der Waals surface area contributed by atoms with Gasteiger partial charge in [0.05, 0.1) is 0 Å². The summed E-state index contributed by atoms with van der Waals surface area (Å²) in [5, 5.41) is 0. The molecule has 2 saturated carbocycles. The van der Waals surface area contributed by atoms with Crippen LogP contribution >= 0.6 is 0 Å². The Labute approximate surface area is 75.7 Å². The molecule has 2 atom stereocenters. The third-order valence-electron chi connectivity index (χ3n) is 3.94. The van der Waals surface area contributed by atoms with Gasteiger partial charge in [-0.25, -0.2) is 0 Å². The number of hydrogen-bond donors (Lipinski definition) is 1. The van der Waals surface area contributed by atoms with E-state index in [0.29, 0.717) is 11.5 Å². The first-order valence-corrected chi connectivity index (χ1v) is 5.35. The maximum absolute atomic E-state index is 6.16. The predicted octanol–water partition coefficient (Wildman–Crippen LogP) is 2.55. The van der Waals surface area contributed by atoms with Crippen molar-refractivity contribution in [1.82, 2.24) is 0 Å². The Kier molecular flexibility index (Phi) is 1.95. The summed E-state index contributed by atoms with van der Waals surface area (Å²) in [6, 6.07) is 0.505. The molecule has 2 N–H and O–H groups in total. The molecular formula is C11H21N. The van der Waals surface area contributed by atoms with Gasteiger partial charge in [0.15, 0.2) is 0 Å². The topological polar surface area (TPSA) is 26.0 Å². The van der Waals surface area contributed by atoms with Gasteiger partial charge in [-0.3, -0.25) is 0 Å². The average Bonchev–Trinajstić information content (AvgIpc) is 2.50. The van der Waals surface area contributed by atoms with E-state index in [1.807, 2.05) is 0 Å². The summed E-state index contributed by atoms with van der Waals surface area (Å²) in [5.74, 6) is 1.81. The average molecular weight is 167 g/mol. The largest absolute Gasteiger partial charge is 0.327 e. The van der Waals surface area contributed by atoms with Crippen LogP contribution in [0.5, 0.6) is 0 Å². The summed E-state index contributed by atoms with van der Waals surface area (Å²) < 4.78 is 0. The predicted molar refractivity (Wildman–Crippen MR) is 51.8 cm³/mol. The van der Waals surface area contributed by atoms with Crippen LogP contribution in [-0.4, -0.2) is 6.04 Å². The lowest BCUT2D eigenvalue weighted by molar-refractivity contribution is 0.260. The van der Waals surface area contributed by atoms with Crippen molar-refractivity contribution in [2.45, 2.75) is 52.0 Å². The first-order valence-electron chi connectivity index (χ1n) is 5.35. The molecule has 2 rings (SSSR count). The van der Waals surface area contributed by atoms with Crippen LogP contribution < -0.4 is 5.73 Å². The van der Waals surface area contributed by atoms with E-state index < -0.39 is 0 Å². The molecule has 2 aliphatic rings. The van der Waals surface area contributed by atoms with Crippen LogP contribution in [-0.2, 0) is 0 Å². The highest BCUT2D eigenvalue weighted by Gasteiger charge is 2.49. The highest BCUT2D eigenvalue weighted by molar-refractivity contribution is 5.01. The first-order chi connectivity index (χ1) is 5.59. The Morgan fingerprint density at radius 2 is 2.00 bits per heavy atom. The fourth-order valence-corrected chi connectivity index (χ4v) is 2.52. The van der Waals surface area contributed by atoms with Crippen molar-refractivity contribution in [2.24, 2.45) is 23.0 Å². The van der Waals surface area contributed by atoms with Crippen molar-refractivity contribution in [1.29, 1.82) is 0 Å². The van der Waals surface area contributed by atoms with Crippen LogP contribution in [0.2, 0.25) is 0 Å². The number of hydrogen-bond acceptors (Lipinski definition) is 1. The molecule has 0 heterocycles. The zero-order chi connectivity index (χ0) is 8.77. The third-order valence-corrected chi connectivity index (χ3v) is 3.94. The van der Waals surface area contributed by atoms with Crippen LogP contribution in [0.4, 0.5) is 0 Å². The van der Waals surface area contributed by atoms with E-state index in [1.54, 1.807) is 0 Å². The zero-order valence-electron chi connectivity index (χ0n) is 8.34. The maximum Gasteiger partial charge on any atom is 0.00751 e. The van der Waals surface area contributed by atoms with Crippen LogP contribution in [0.1, 0.15) is 46.0 Å². The van der Waals surface area contributed by atoms with E-state index in [1.165, 1.54) is 32.1 Å². The van der Waals surface area contributed by atoms with Gasteiger partial charge >= 0.3 is 0 Å². The van der Waals surface area contributed by atoms with Crippen LogP contribution in [0.25, 0.3) is 0 Å². The molecular weight excluding hydrogens is 146 g/mol. The molecule has 12 heavy (non-hydrogen) atoms. The van der Waals surface area contributed by atoms with Crippen LogP contribution in [0.15, 0.2) is 0 Å². The third kappa shape index (κ3) is 1.52. The second kappa shape index (κ2) is 2.73. The number of rotatable bonds is 3. The van der Waals surface area contributed by atoms with Crippen molar-refractivity contribution in [3.8, 4) is 0 Å². The maximum atomic E-state index is 6.16. The molecule has 0 aromatic rings. The van der Waals surface area contributed by atoms with Crippen molar-refractivity contribution in [3.63, 3.8) is 0 Å². The SMILES string of the molecule is CC1(C)CC1C(N)CC1CCC1. The number of nitrogens with two attached hydrogens (primary N) is 1. The molecule has 70 valence electrons. The Hall–Kier alpha value is -0.0400. The Bertz CT molecular complexity index is 170. The minimum Gasteiger partial charge on any atom is -0.327 e. The molecule has 2 unspecified atom stereocenters. The van der Waals surface area contributed by atoms with Crippen molar-refractivity contribution in [2.75, 3.05) is 0 Å². The molecule has 0 bridgehead atoms. The fourth-order valence-electron chi connectivity index (χ4n) is 2.52. The molecule has 1 heteroatoms. The van der Waals surface area contributed by atoms with Gasteiger partial charge in [0, 0.05) is 6.04 Å². The second-order valence-electron chi connectivity index (χ2n) is 5.50.